The second-order valence-corrected chi connectivity index (χ2v) is 4.95. The Morgan fingerprint density at radius 1 is 1.15 bits per heavy atom. The average molecular weight is 183 g/mol. The molecule has 2 nitrogen and oxygen atoms in total. The second-order valence-electron chi connectivity index (χ2n) is 4.95. The fourth-order valence-corrected chi connectivity index (χ4v) is 2.51. The van der Waals surface area contributed by atoms with Crippen molar-refractivity contribution in [1.29, 1.82) is 0 Å². The van der Waals surface area contributed by atoms with Crippen LogP contribution in [0.2, 0.25) is 0 Å². The maximum Gasteiger partial charge on any atom is 0.0615 e. The molecule has 0 amide bonds. The van der Waals surface area contributed by atoms with Gasteiger partial charge in [-0.1, -0.05) is 13.8 Å². The summed E-state index contributed by atoms with van der Waals surface area (Å²) in [6.07, 6.45) is 5.02. The third kappa shape index (κ3) is 1.31. The lowest BCUT2D eigenvalue weighted by Gasteiger charge is -2.53. The van der Waals surface area contributed by atoms with Crippen molar-refractivity contribution >= 4 is 0 Å². The van der Waals surface area contributed by atoms with Gasteiger partial charge in [-0.15, -0.1) is 0 Å². The molecule has 0 aromatic rings. The highest BCUT2D eigenvalue weighted by molar-refractivity contribution is 5.10. The lowest BCUT2D eigenvalue weighted by molar-refractivity contribution is -0.0615. The molecule has 2 aliphatic rings. The third-order valence-corrected chi connectivity index (χ3v) is 4.34. The van der Waals surface area contributed by atoms with Crippen LogP contribution in [0.5, 0.6) is 0 Å². The molecule has 2 heteroatoms. The van der Waals surface area contributed by atoms with Crippen LogP contribution in [0, 0.1) is 5.41 Å². The van der Waals surface area contributed by atoms with Gasteiger partial charge in [0, 0.05) is 18.6 Å². The average Bonchev–Trinajstić information content (AvgIpc) is 2.86. The van der Waals surface area contributed by atoms with Gasteiger partial charge in [0.2, 0.25) is 0 Å². The summed E-state index contributed by atoms with van der Waals surface area (Å²) in [6, 6.07) is 0. The Bertz CT molecular complexity index is 186. The molecule has 0 spiro atoms. The van der Waals surface area contributed by atoms with Crippen molar-refractivity contribution in [2.45, 2.75) is 45.1 Å². The monoisotopic (exact) mass is 183 g/mol. The summed E-state index contributed by atoms with van der Waals surface area (Å²) >= 11 is 0. The molecule has 0 radical (unpaired) electrons. The highest BCUT2D eigenvalue weighted by Crippen LogP contribution is 2.50. The van der Waals surface area contributed by atoms with E-state index in [-0.39, 0.29) is 5.54 Å². The first-order chi connectivity index (χ1) is 6.20. The quantitative estimate of drug-likeness (QED) is 0.716. The van der Waals surface area contributed by atoms with E-state index in [0.29, 0.717) is 12.0 Å². The lowest BCUT2D eigenvalue weighted by atomic mass is 9.74. The molecule has 1 N–H and O–H groups in total. The maximum atomic E-state index is 9.27. The van der Waals surface area contributed by atoms with Gasteiger partial charge in [0.05, 0.1) is 6.61 Å². The molecule has 1 aliphatic carbocycles. The molecule has 0 unspecified atom stereocenters. The van der Waals surface area contributed by atoms with E-state index in [0.717, 1.165) is 0 Å². The van der Waals surface area contributed by atoms with Crippen molar-refractivity contribution in [1.82, 2.24) is 4.90 Å². The largest absolute Gasteiger partial charge is 0.394 e. The van der Waals surface area contributed by atoms with Gasteiger partial charge >= 0.3 is 0 Å². The van der Waals surface area contributed by atoms with Gasteiger partial charge in [-0.2, -0.15) is 0 Å². The summed E-state index contributed by atoms with van der Waals surface area (Å²) in [5.41, 5.74) is 0.818. The summed E-state index contributed by atoms with van der Waals surface area (Å²) in [5, 5.41) is 9.27. The Kier molecular flexibility index (Phi) is 2.16. The summed E-state index contributed by atoms with van der Waals surface area (Å²) in [6.45, 7) is 7.40. The molecule has 1 saturated carbocycles. The highest BCUT2D eigenvalue weighted by atomic mass is 16.3. The van der Waals surface area contributed by atoms with Gasteiger partial charge in [0.25, 0.3) is 0 Å². The molecule has 2 fully saturated rings. The van der Waals surface area contributed by atoms with Crippen LogP contribution in [0.3, 0.4) is 0 Å². The molecule has 1 heterocycles. The van der Waals surface area contributed by atoms with E-state index in [2.05, 4.69) is 18.7 Å². The summed E-state index contributed by atoms with van der Waals surface area (Å²) in [5.74, 6) is 0. The van der Waals surface area contributed by atoms with E-state index in [4.69, 9.17) is 0 Å². The van der Waals surface area contributed by atoms with E-state index in [1.54, 1.807) is 0 Å². The molecule has 13 heavy (non-hydrogen) atoms. The Hall–Kier alpha value is -0.0800. The second kappa shape index (κ2) is 2.96. The van der Waals surface area contributed by atoms with E-state index in [1.807, 2.05) is 0 Å². The third-order valence-electron chi connectivity index (χ3n) is 4.34. The van der Waals surface area contributed by atoms with Crippen LogP contribution in [-0.2, 0) is 0 Å². The number of rotatable bonds is 4. The minimum Gasteiger partial charge on any atom is -0.394 e. The van der Waals surface area contributed by atoms with Gasteiger partial charge in [-0.3, -0.25) is 4.90 Å². The van der Waals surface area contributed by atoms with E-state index in [1.165, 1.54) is 38.8 Å². The van der Waals surface area contributed by atoms with Crippen LogP contribution < -0.4 is 0 Å². The Labute approximate surface area is 80.9 Å². The van der Waals surface area contributed by atoms with Crippen molar-refractivity contribution in [3.05, 3.63) is 0 Å². The summed E-state index contributed by atoms with van der Waals surface area (Å²) in [4.78, 5) is 2.50. The number of hydrogen-bond donors (Lipinski definition) is 1. The van der Waals surface area contributed by atoms with Crippen LogP contribution in [0.25, 0.3) is 0 Å². The van der Waals surface area contributed by atoms with Crippen molar-refractivity contribution in [2.75, 3.05) is 19.7 Å². The van der Waals surface area contributed by atoms with Crippen LogP contribution >= 0.6 is 0 Å². The first kappa shape index (κ1) is 9.47. The van der Waals surface area contributed by atoms with Crippen LogP contribution in [-0.4, -0.2) is 35.2 Å². The number of aliphatic hydroxyl groups excluding tert-OH is 1. The van der Waals surface area contributed by atoms with Crippen molar-refractivity contribution in [3.63, 3.8) is 0 Å². The number of aliphatic hydroxyl groups is 1. The number of hydrogen-bond acceptors (Lipinski definition) is 2. The molecule has 0 aromatic carbocycles. The Morgan fingerprint density at radius 2 is 1.69 bits per heavy atom. The minimum absolute atomic E-state index is 0.230. The van der Waals surface area contributed by atoms with Crippen LogP contribution in [0.1, 0.15) is 39.5 Å². The van der Waals surface area contributed by atoms with E-state index in [9.17, 15) is 5.11 Å². The predicted molar refractivity (Wildman–Crippen MR) is 53.6 cm³/mol. The molecular formula is C11H21NO. The fraction of sp³-hybridized carbons (Fsp3) is 1.00. The van der Waals surface area contributed by atoms with Gasteiger partial charge in [-0.25, -0.2) is 0 Å². The first-order valence-corrected chi connectivity index (χ1v) is 5.56. The Morgan fingerprint density at radius 3 is 2.00 bits per heavy atom. The standard InChI is InChI=1S/C11H21NO/c1-3-10(4-2)7-12(8-10)11(9-13)5-6-11/h13H,3-9H2,1-2H3. The molecular weight excluding hydrogens is 162 g/mol. The lowest BCUT2D eigenvalue weighted by Crippen LogP contribution is -2.61. The maximum absolute atomic E-state index is 9.27. The summed E-state index contributed by atoms with van der Waals surface area (Å²) in [7, 11) is 0. The van der Waals surface area contributed by atoms with Gasteiger partial charge in [0.1, 0.15) is 0 Å². The number of likely N-dealkylation sites (tertiary alicyclic amines) is 1. The minimum atomic E-state index is 0.230. The zero-order valence-electron chi connectivity index (χ0n) is 8.84. The normalized spacial score (nSPS) is 29.8. The van der Waals surface area contributed by atoms with Gasteiger partial charge in [0.15, 0.2) is 0 Å². The predicted octanol–water partition coefficient (Wildman–Crippen LogP) is 1.63. The fourth-order valence-electron chi connectivity index (χ4n) is 2.51. The molecule has 2 rings (SSSR count). The van der Waals surface area contributed by atoms with Crippen molar-refractivity contribution in [2.24, 2.45) is 5.41 Å². The smallest absolute Gasteiger partial charge is 0.0615 e. The zero-order chi connectivity index (χ0) is 9.53. The van der Waals surface area contributed by atoms with Crippen molar-refractivity contribution < 1.29 is 5.11 Å². The highest BCUT2D eigenvalue weighted by Gasteiger charge is 2.55. The number of nitrogens with zero attached hydrogens (tertiary/aromatic N) is 1. The molecule has 0 aromatic heterocycles. The molecule has 0 atom stereocenters. The zero-order valence-corrected chi connectivity index (χ0v) is 8.84. The van der Waals surface area contributed by atoms with E-state index >= 15 is 0 Å². The molecule has 76 valence electrons. The van der Waals surface area contributed by atoms with E-state index < -0.39 is 0 Å². The summed E-state index contributed by atoms with van der Waals surface area (Å²) < 4.78 is 0. The topological polar surface area (TPSA) is 23.5 Å². The van der Waals surface area contributed by atoms with Gasteiger partial charge in [-0.05, 0) is 31.1 Å². The van der Waals surface area contributed by atoms with Crippen molar-refractivity contribution in [3.8, 4) is 0 Å². The first-order valence-electron chi connectivity index (χ1n) is 5.56. The molecule has 1 saturated heterocycles. The Balaban J connectivity index is 1.90. The van der Waals surface area contributed by atoms with Crippen LogP contribution in [0.4, 0.5) is 0 Å². The SMILES string of the molecule is CCC1(CC)CN(C2(CO)CC2)C1. The molecule has 1 aliphatic heterocycles. The van der Waals surface area contributed by atoms with Gasteiger partial charge < -0.3 is 5.11 Å². The van der Waals surface area contributed by atoms with Crippen LogP contribution in [0.15, 0.2) is 0 Å². The molecule has 0 bridgehead atoms.